The second-order valence-electron chi connectivity index (χ2n) is 5.53. The van der Waals surface area contributed by atoms with Crippen LogP contribution in [0.15, 0.2) is 28.8 Å². The summed E-state index contributed by atoms with van der Waals surface area (Å²) in [7, 11) is 0. The van der Waals surface area contributed by atoms with Crippen LogP contribution in [0.5, 0.6) is 0 Å². The Labute approximate surface area is 148 Å². The summed E-state index contributed by atoms with van der Waals surface area (Å²) in [5.41, 5.74) is 0.754. The smallest absolute Gasteiger partial charge is 0.328 e. The average molecular weight is 366 g/mol. The molecule has 3 rings (SSSR count). The van der Waals surface area contributed by atoms with Crippen molar-refractivity contribution in [3.63, 3.8) is 0 Å². The lowest BCUT2D eigenvalue weighted by atomic mass is 10.2. The third-order valence-electron chi connectivity index (χ3n) is 3.86. The van der Waals surface area contributed by atoms with Gasteiger partial charge < -0.3 is 19.3 Å². The molecular formula is C16H16ClN3O5. The molecule has 1 aliphatic heterocycles. The predicted molar refractivity (Wildman–Crippen MR) is 87.0 cm³/mol. The topological polar surface area (TPSA) is 106 Å². The molecule has 0 radical (unpaired) electrons. The Bertz CT molecular complexity index is 761. The number of rotatable bonds is 5. The van der Waals surface area contributed by atoms with Crippen molar-refractivity contribution >= 4 is 23.5 Å². The van der Waals surface area contributed by atoms with Crippen LogP contribution in [0, 0.1) is 0 Å². The maximum atomic E-state index is 12.3. The van der Waals surface area contributed by atoms with Gasteiger partial charge >= 0.3 is 5.97 Å². The first-order valence-electron chi connectivity index (χ1n) is 7.73. The summed E-state index contributed by atoms with van der Waals surface area (Å²) in [5, 5.41) is 13.7. The molecule has 9 heteroatoms. The first kappa shape index (κ1) is 17.4. The number of carbonyl (C=O) groups is 2. The van der Waals surface area contributed by atoms with E-state index in [2.05, 4.69) is 10.1 Å². The van der Waals surface area contributed by atoms with E-state index in [1.54, 1.807) is 24.3 Å². The molecule has 8 nitrogen and oxygen atoms in total. The molecule has 0 spiro atoms. The highest BCUT2D eigenvalue weighted by Gasteiger charge is 2.32. The zero-order valence-electron chi connectivity index (χ0n) is 13.2. The Hall–Kier alpha value is -2.45. The Balaban J connectivity index is 1.61. The number of carboxylic acid groups (broad SMARTS) is 1. The number of benzene rings is 1. The summed E-state index contributed by atoms with van der Waals surface area (Å²) < 4.78 is 10.3. The third-order valence-corrected chi connectivity index (χ3v) is 4.11. The molecule has 0 saturated carbocycles. The van der Waals surface area contributed by atoms with Crippen LogP contribution in [0.4, 0.5) is 0 Å². The van der Waals surface area contributed by atoms with Gasteiger partial charge in [-0.25, -0.2) is 4.79 Å². The van der Waals surface area contributed by atoms with Gasteiger partial charge in [0.2, 0.25) is 17.6 Å². The molecule has 1 aliphatic rings. The lowest BCUT2D eigenvalue weighted by Gasteiger charge is -2.32. The number of amides is 1. The van der Waals surface area contributed by atoms with E-state index < -0.39 is 12.0 Å². The standard InChI is InChI=1S/C16H16ClN3O5/c17-11-3-1-10(2-4-11)15-18-13(25-19-15)5-6-14(21)20-7-8-24-9-12(20)16(22)23/h1-4,12H,5-9H2,(H,22,23)/t12-/m1/s1. The number of aryl methyl sites for hydroxylation is 1. The molecule has 0 bridgehead atoms. The first-order valence-corrected chi connectivity index (χ1v) is 8.11. The van der Waals surface area contributed by atoms with Gasteiger partial charge in [-0.3, -0.25) is 4.79 Å². The van der Waals surface area contributed by atoms with Crippen molar-refractivity contribution in [3.8, 4) is 11.4 Å². The summed E-state index contributed by atoms with van der Waals surface area (Å²) in [6.07, 6.45) is 0.329. The monoisotopic (exact) mass is 365 g/mol. The minimum atomic E-state index is -1.07. The molecule has 1 fully saturated rings. The molecule has 1 aromatic carbocycles. The van der Waals surface area contributed by atoms with E-state index in [1.165, 1.54) is 4.90 Å². The highest BCUT2D eigenvalue weighted by molar-refractivity contribution is 6.30. The summed E-state index contributed by atoms with van der Waals surface area (Å²) in [6, 6.07) is 6.04. The zero-order chi connectivity index (χ0) is 17.8. The third kappa shape index (κ3) is 4.15. The highest BCUT2D eigenvalue weighted by Crippen LogP contribution is 2.19. The summed E-state index contributed by atoms with van der Waals surface area (Å²) >= 11 is 5.84. The molecule has 1 amide bonds. The normalized spacial score (nSPS) is 17.5. The van der Waals surface area contributed by atoms with Gasteiger partial charge in [0.1, 0.15) is 0 Å². The Morgan fingerprint density at radius 3 is 2.80 bits per heavy atom. The van der Waals surface area contributed by atoms with E-state index in [-0.39, 0.29) is 31.9 Å². The van der Waals surface area contributed by atoms with E-state index >= 15 is 0 Å². The number of nitrogens with zero attached hydrogens (tertiary/aromatic N) is 3. The molecule has 0 aliphatic carbocycles. The number of carboxylic acids is 1. The van der Waals surface area contributed by atoms with Crippen LogP contribution in [0.3, 0.4) is 0 Å². The van der Waals surface area contributed by atoms with Crippen LogP contribution in [0.1, 0.15) is 12.3 Å². The molecule has 2 heterocycles. The quantitative estimate of drug-likeness (QED) is 0.858. The molecule has 25 heavy (non-hydrogen) atoms. The fourth-order valence-electron chi connectivity index (χ4n) is 2.54. The maximum Gasteiger partial charge on any atom is 0.328 e. The lowest BCUT2D eigenvalue weighted by Crippen LogP contribution is -2.52. The van der Waals surface area contributed by atoms with Crippen molar-refractivity contribution in [3.05, 3.63) is 35.2 Å². The zero-order valence-corrected chi connectivity index (χ0v) is 14.0. The first-order chi connectivity index (χ1) is 12.0. The number of ether oxygens (including phenoxy) is 1. The fraction of sp³-hybridized carbons (Fsp3) is 0.375. The van der Waals surface area contributed by atoms with E-state index in [0.717, 1.165) is 5.56 Å². The second kappa shape index (κ2) is 7.62. The van der Waals surface area contributed by atoms with Crippen LogP contribution < -0.4 is 0 Å². The molecule has 1 atom stereocenters. The molecular weight excluding hydrogens is 350 g/mol. The second-order valence-corrected chi connectivity index (χ2v) is 5.97. The van der Waals surface area contributed by atoms with Gasteiger partial charge in [-0.05, 0) is 24.3 Å². The maximum absolute atomic E-state index is 12.3. The van der Waals surface area contributed by atoms with Gasteiger partial charge in [0.25, 0.3) is 0 Å². The highest BCUT2D eigenvalue weighted by atomic mass is 35.5. The van der Waals surface area contributed by atoms with Crippen molar-refractivity contribution in [2.45, 2.75) is 18.9 Å². The van der Waals surface area contributed by atoms with Gasteiger partial charge in [0.15, 0.2) is 6.04 Å². The number of carbonyl (C=O) groups excluding carboxylic acids is 1. The van der Waals surface area contributed by atoms with E-state index in [1.807, 2.05) is 0 Å². The van der Waals surface area contributed by atoms with Gasteiger partial charge in [0.05, 0.1) is 13.2 Å². The van der Waals surface area contributed by atoms with Gasteiger partial charge in [-0.2, -0.15) is 4.98 Å². The number of aromatic nitrogens is 2. The number of morpholine rings is 1. The number of halogens is 1. The van der Waals surface area contributed by atoms with Crippen molar-refractivity contribution in [2.75, 3.05) is 19.8 Å². The molecule has 2 aromatic rings. The lowest BCUT2D eigenvalue weighted by molar-refractivity contribution is -0.158. The van der Waals surface area contributed by atoms with E-state index in [0.29, 0.717) is 23.3 Å². The Kier molecular flexibility index (Phi) is 5.30. The van der Waals surface area contributed by atoms with Crippen LogP contribution >= 0.6 is 11.6 Å². The number of hydrogen-bond donors (Lipinski definition) is 1. The van der Waals surface area contributed by atoms with Crippen LogP contribution in [-0.2, 0) is 20.7 Å². The molecule has 132 valence electrons. The number of hydrogen-bond acceptors (Lipinski definition) is 6. The minimum Gasteiger partial charge on any atom is -0.480 e. The summed E-state index contributed by atoms with van der Waals surface area (Å²) in [4.78, 5) is 29.1. The van der Waals surface area contributed by atoms with Crippen LogP contribution in [0.2, 0.25) is 5.02 Å². The largest absolute Gasteiger partial charge is 0.480 e. The molecule has 1 saturated heterocycles. The average Bonchev–Trinajstić information content (AvgIpc) is 3.09. The van der Waals surface area contributed by atoms with Gasteiger partial charge in [-0.1, -0.05) is 16.8 Å². The molecule has 1 N–H and O–H groups in total. The van der Waals surface area contributed by atoms with Crippen LogP contribution in [-0.4, -0.2) is 57.8 Å². The van der Waals surface area contributed by atoms with Crippen molar-refractivity contribution in [1.82, 2.24) is 15.0 Å². The summed E-state index contributed by atoms with van der Waals surface area (Å²) in [5.74, 6) is -0.620. The van der Waals surface area contributed by atoms with Gasteiger partial charge in [-0.15, -0.1) is 0 Å². The van der Waals surface area contributed by atoms with E-state index in [4.69, 9.17) is 26.0 Å². The molecule has 1 aromatic heterocycles. The SMILES string of the molecule is O=C(O)[C@H]1COCCN1C(=O)CCc1nc(-c2ccc(Cl)cc2)no1. The summed E-state index contributed by atoms with van der Waals surface area (Å²) in [6.45, 7) is 0.592. The molecule has 0 unspecified atom stereocenters. The number of aliphatic carboxylic acids is 1. The Morgan fingerprint density at radius 2 is 2.08 bits per heavy atom. The van der Waals surface area contributed by atoms with Crippen molar-refractivity contribution in [1.29, 1.82) is 0 Å². The fourth-order valence-corrected chi connectivity index (χ4v) is 2.66. The van der Waals surface area contributed by atoms with Crippen molar-refractivity contribution < 1.29 is 24.0 Å². The van der Waals surface area contributed by atoms with Crippen LogP contribution in [0.25, 0.3) is 11.4 Å². The van der Waals surface area contributed by atoms with Crippen molar-refractivity contribution in [2.24, 2.45) is 0 Å². The minimum absolute atomic E-state index is 0.00233. The van der Waals surface area contributed by atoms with Gasteiger partial charge in [0, 0.05) is 30.0 Å². The Morgan fingerprint density at radius 1 is 1.32 bits per heavy atom. The predicted octanol–water partition coefficient (Wildman–Crippen LogP) is 1.63. The van der Waals surface area contributed by atoms with E-state index in [9.17, 15) is 9.59 Å².